The van der Waals surface area contributed by atoms with E-state index in [9.17, 15) is 17.2 Å². The first kappa shape index (κ1) is 16.0. The summed E-state index contributed by atoms with van der Waals surface area (Å²) in [5, 5.41) is 3.05. The second-order valence-electron chi connectivity index (χ2n) is 4.40. The average Bonchev–Trinajstić information content (AvgIpc) is 2.32. The first-order valence-corrected chi connectivity index (χ1v) is 7.97. The molecule has 1 aromatic carbocycles. The number of rotatable bonds is 7. The van der Waals surface area contributed by atoms with Crippen molar-refractivity contribution in [3.63, 3.8) is 0 Å². The Kier molecular flexibility index (Phi) is 5.87. The van der Waals surface area contributed by atoms with Gasteiger partial charge < -0.3 is 5.32 Å². The van der Waals surface area contributed by atoms with Crippen molar-refractivity contribution in [1.29, 1.82) is 0 Å². The topological polar surface area (TPSA) is 46.2 Å². The molecule has 0 fully saturated rings. The summed E-state index contributed by atoms with van der Waals surface area (Å²) in [5.41, 5.74) is 0. The van der Waals surface area contributed by atoms with E-state index >= 15 is 0 Å². The van der Waals surface area contributed by atoms with Crippen molar-refractivity contribution < 1.29 is 17.2 Å². The highest BCUT2D eigenvalue weighted by molar-refractivity contribution is 7.91. The first-order valence-electron chi connectivity index (χ1n) is 6.32. The maximum atomic E-state index is 13.5. The van der Waals surface area contributed by atoms with Crippen LogP contribution in [-0.4, -0.2) is 26.8 Å². The van der Waals surface area contributed by atoms with E-state index in [2.05, 4.69) is 5.32 Å². The fraction of sp³-hybridized carbons (Fsp3) is 0.538. The number of halogens is 2. The van der Waals surface area contributed by atoms with E-state index in [0.29, 0.717) is 13.0 Å². The fourth-order valence-electron chi connectivity index (χ4n) is 1.95. The summed E-state index contributed by atoms with van der Waals surface area (Å²) in [6.07, 6.45) is 1.49. The zero-order valence-corrected chi connectivity index (χ0v) is 11.9. The molecule has 1 atom stereocenters. The third kappa shape index (κ3) is 4.54. The van der Waals surface area contributed by atoms with Crippen LogP contribution >= 0.6 is 0 Å². The molecular weight excluding hydrogens is 272 g/mol. The van der Waals surface area contributed by atoms with Gasteiger partial charge >= 0.3 is 0 Å². The standard InChI is InChI=1S/C13H19F2NO2S/c1-3-5-11(16-4-2)9-19(17,18)13-8-10(14)6-7-12(13)15/h6-8,11,16H,3-5,9H2,1-2H3. The van der Waals surface area contributed by atoms with Crippen molar-refractivity contribution in [3.05, 3.63) is 29.8 Å². The van der Waals surface area contributed by atoms with Gasteiger partial charge in [0.25, 0.3) is 0 Å². The summed E-state index contributed by atoms with van der Waals surface area (Å²) >= 11 is 0. The molecule has 0 aromatic heterocycles. The van der Waals surface area contributed by atoms with Gasteiger partial charge in [0, 0.05) is 6.04 Å². The molecule has 0 aliphatic heterocycles. The van der Waals surface area contributed by atoms with Gasteiger partial charge in [-0.1, -0.05) is 20.3 Å². The van der Waals surface area contributed by atoms with Crippen LogP contribution < -0.4 is 5.32 Å². The highest BCUT2D eigenvalue weighted by Crippen LogP contribution is 2.18. The van der Waals surface area contributed by atoms with Crippen LogP contribution in [0.5, 0.6) is 0 Å². The first-order chi connectivity index (χ1) is 8.90. The summed E-state index contributed by atoms with van der Waals surface area (Å²) in [4.78, 5) is -0.563. The molecule has 1 unspecified atom stereocenters. The molecule has 0 aliphatic rings. The van der Waals surface area contributed by atoms with Crippen molar-refractivity contribution in [2.24, 2.45) is 0 Å². The van der Waals surface area contributed by atoms with Crippen LogP contribution in [-0.2, 0) is 9.84 Å². The second-order valence-corrected chi connectivity index (χ2v) is 6.40. The highest BCUT2D eigenvalue weighted by Gasteiger charge is 2.24. The lowest BCUT2D eigenvalue weighted by Crippen LogP contribution is -2.35. The number of hydrogen-bond donors (Lipinski definition) is 1. The molecule has 0 amide bonds. The van der Waals surface area contributed by atoms with E-state index in [1.807, 2.05) is 13.8 Å². The maximum absolute atomic E-state index is 13.5. The van der Waals surface area contributed by atoms with Crippen molar-refractivity contribution in [2.75, 3.05) is 12.3 Å². The van der Waals surface area contributed by atoms with E-state index in [0.717, 1.165) is 24.6 Å². The van der Waals surface area contributed by atoms with Gasteiger partial charge in [-0.15, -0.1) is 0 Å². The van der Waals surface area contributed by atoms with Crippen LogP contribution in [0.2, 0.25) is 0 Å². The summed E-state index contributed by atoms with van der Waals surface area (Å²) < 4.78 is 50.8. The maximum Gasteiger partial charge on any atom is 0.182 e. The molecule has 0 radical (unpaired) electrons. The Morgan fingerprint density at radius 1 is 1.26 bits per heavy atom. The van der Waals surface area contributed by atoms with Gasteiger partial charge in [0.2, 0.25) is 0 Å². The lowest BCUT2D eigenvalue weighted by atomic mass is 10.2. The Morgan fingerprint density at radius 3 is 2.53 bits per heavy atom. The number of benzene rings is 1. The minimum Gasteiger partial charge on any atom is -0.313 e. The fourth-order valence-corrected chi connectivity index (χ4v) is 3.60. The minimum absolute atomic E-state index is 0.227. The largest absolute Gasteiger partial charge is 0.313 e. The Bertz CT molecular complexity index is 511. The zero-order valence-electron chi connectivity index (χ0n) is 11.1. The Hall–Kier alpha value is -1.01. The third-order valence-corrected chi connectivity index (χ3v) is 4.60. The molecule has 0 spiro atoms. The summed E-state index contributed by atoms with van der Waals surface area (Å²) in [6, 6.07) is 2.23. The van der Waals surface area contributed by atoms with E-state index in [1.165, 1.54) is 0 Å². The monoisotopic (exact) mass is 291 g/mol. The quantitative estimate of drug-likeness (QED) is 0.839. The van der Waals surface area contributed by atoms with Gasteiger partial charge in [0.05, 0.1) is 5.75 Å². The predicted octanol–water partition coefficient (Wildman–Crippen LogP) is 2.52. The van der Waals surface area contributed by atoms with Gasteiger partial charge in [0.1, 0.15) is 16.5 Å². The van der Waals surface area contributed by atoms with Gasteiger partial charge in [-0.2, -0.15) is 0 Å². The molecule has 6 heteroatoms. The predicted molar refractivity (Wildman–Crippen MR) is 70.8 cm³/mol. The third-order valence-electron chi connectivity index (χ3n) is 2.78. The molecule has 0 aliphatic carbocycles. The normalized spacial score (nSPS) is 13.5. The van der Waals surface area contributed by atoms with Crippen molar-refractivity contribution >= 4 is 9.84 Å². The Balaban J connectivity index is 2.99. The van der Waals surface area contributed by atoms with Crippen LogP contribution in [0.25, 0.3) is 0 Å². The molecule has 0 bridgehead atoms. The molecule has 0 heterocycles. The molecular formula is C13H19F2NO2S. The Morgan fingerprint density at radius 2 is 1.95 bits per heavy atom. The van der Waals surface area contributed by atoms with Gasteiger partial charge in [0.15, 0.2) is 9.84 Å². The smallest absolute Gasteiger partial charge is 0.182 e. The lowest BCUT2D eigenvalue weighted by molar-refractivity contribution is 0.507. The lowest BCUT2D eigenvalue weighted by Gasteiger charge is -2.17. The molecule has 108 valence electrons. The van der Waals surface area contributed by atoms with E-state index in [-0.39, 0.29) is 11.8 Å². The summed E-state index contributed by atoms with van der Waals surface area (Å²) in [5.74, 6) is -1.89. The number of nitrogens with one attached hydrogen (secondary N) is 1. The van der Waals surface area contributed by atoms with Gasteiger partial charge in [-0.25, -0.2) is 17.2 Å². The Labute approximate surface area is 112 Å². The molecule has 3 nitrogen and oxygen atoms in total. The number of sulfone groups is 1. The van der Waals surface area contributed by atoms with E-state index in [1.54, 1.807) is 0 Å². The van der Waals surface area contributed by atoms with Crippen LogP contribution in [0.15, 0.2) is 23.1 Å². The van der Waals surface area contributed by atoms with Crippen molar-refractivity contribution in [1.82, 2.24) is 5.32 Å². The molecule has 1 rings (SSSR count). The van der Waals surface area contributed by atoms with Crippen LogP contribution in [0.4, 0.5) is 8.78 Å². The zero-order chi connectivity index (χ0) is 14.5. The average molecular weight is 291 g/mol. The second kappa shape index (κ2) is 6.96. The SMILES string of the molecule is CCCC(CS(=O)(=O)c1cc(F)ccc1F)NCC. The minimum atomic E-state index is -3.83. The molecule has 0 saturated heterocycles. The highest BCUT2D eigenvalue weighted by atomic mass is 32.2. The molecule has 19 heavy (non-hydrogen) atoms. The molecule has 1 N–H and O–H groups in total. The number of hydrogen-bond acceptors (Lipinski definition) is 3. The molecule has 1 aromatic rings. The summed E-state index contributed by atoms with van der Waals surface area (Å²) in [6.45, 7) is 4.45. The van der Waals surface area contributed by atoms with Crippen molar-refractivity contribution in [2.45, 2.75) is 37.6 Å². The van der Waals surface area contributed by atoms with Gasteiger partial charge in [-0.3, -0.25) is 0 Å². The van der Waals surface area contributed by atoms with Crippen molar-refractivity contribution in [3.8, 4) is 0 Å². The molecule has 0 saturated carbocycles. The van der Waals surface area contributed by atoms with Crippen LogP contribution in [0.1, 0.15) is 26.7 Å². The van der Waals surface area contributed by atoms with E-state index < -0.39 is 26.4 Å². The van der Waals surface area contributed by atoms with E-state index in [4.69, 9.17) is 0 Å². The van der Waals surface area contributed by atoms with Crippen LogP contribution in [0, 0.1) is 11.6 Å². The van der Waals surface area contributed by atoms with Crippen LogP contribution in [0.3, 0.4) is 0 Å². The summed E-state index contributed by atoms with van der Waals surface area (Å²) in [7, 11) is -3.83. The van der Waals surface area contributed by atoms with Gasteiger partial charge in [-0.05, 0) is 31.2 Å².